The van der Waals surface area contributed by atoms with Crippen molar-refractivity contribution in [3.05, 3.63) is 0 Å². The Morgan fingerprint density at radius 3 is 2.50 bits per heavy atom. The molecule has 2 atom stereocenters. The zero-order chi connectivity index (χ0) is 12.6. The third kappa shape index (κ3) is 2.66. The number of halogens is 3. The first-order valence-corrected chi connectivity index (χ1v) is 5.25. The summed E-state index contributed by atoms with van der Waals surface area (Å²) in [5, 5.41) is 0. The van der Waals surface area contributed by atoms with Gasteiger partial charge in [0.1, 0.15) is 6.54 Å². The molecule has 94 valence electrons. The zero-order valence-electron chi connectivity index (χ0n) is 9.47. The average molecular weight is 238 g/mol. The van der Waals surface area contributed by atoms with E-state index in [0.29, 0.717) is 12.8 Å². The first-order chi connectivity index (χ1) is 7.17. The van der Waals surface area contributed by atoms with Gasteiger partial charge in [0.15, 0.2) is 0 Å². The second-order valence-electron chi connectivity index (χ2n) is 4.69. The van der Waals surface area contributed by atoms with Crippen molar-refractivity contribution in [1.29, 1.82) is 0 Å². The molecule has 1 aliphatic carbocycles. The Kier molecular flexibility index (Phi) is 3.52. The fourth-order valence-electron chi connectivity index (χ4n) is 2.24. The lowest BCUT2D eigenvalue weighted by molar-refractivity contribution is -0.164. The highest BCUT2D eigenvalue weighted by Crippen LogP contribution is 2.38. The van der Waals surface area contributed by atoms with Gasteiger partial charge in [-0.05, 0) is 19.8 Å². The number of hydrogen-bond acceptors (Lipinski definition) is 2. The minimum absolute atomic E-state index is 0.337. The maximum Gasteiger partial charge on any atom is 0.406 e. The van der Waals surface area contributed by atoms with E-state index >= 15 is 0 Å². The van der Waals surface area contributed by atoms with Crippen molar-refractivity contribution in [3.63, 3.8) is 0 Å². The molecule has 0 heterocycles. The average Bonchev–Trinajstić information content (AvgIpc) is 2.44. The van der Waals surface area contributed by atoms with Gasteiger partial charge in [0, 0.05) is 13.1 Å². The second kappa shape index (κ2) is 4.24. The third-order valence-corrected chi connectivity index (χ3v) is 3.28. The van der Waals surface area contributed by atoms with Crippen molar-refractivity contribution in [2.45, 2.75) is 38.4 Å². The highest BCUT2D eigenvalue weighted by Gasteiger charge is 2.46. The molecule has 2 N–H and O–H groups in total. The van der Waals surface area contributed by atoms with Gasteiger partial charge in [0.25, 0.3) is 0 Å². The minimum atomic E-state index is -4.36. The molecular weight excluding hydrogens is 221 g/mol. The Balaban J connectivity index is 2.70. The van der Waals surface area contributed by atoms with Gasteiger partial charge in [-0.15, -0.1) is 0 Å². The molecule has 0 bridgehead atoms. The summed E-state index contributed by atoms with van der Waals surface area (Å²) in [6, 6.07) is -0.337. The largest absolute Gasteiger partial charge is 0.406 e. The molecule has 1 saturated carbocycles. The van der Waals surface area contributed by atoms with E-state index in [1.54, 1.807) is 6.92 Å². The van der Waals surface area contributed by atoms with Crippen LogP contribution in [0.5, 0.6) is 0 Å². The highest BCUT2D eigenvalue weighted by molar-refractivity contribution is 5.83. The molecule has 1 amide bonds. The van der Waals surface area contributed by atoms with Crippen LogP contribution < -0.4 is 5.73 Å². The van der Waals surface area contributed by atoms with Crippen LogP contribution in [0.15, 0.2) is 0 Å². The van der Waals surface area contributed by atoms with E-state index < -0.39 is 24.0 Å². The number of carbonyl (C=O) groups excluding carboxylic acids is 1. The van der Waals surface area contributed by atoms with E-state index in [-0.39, 0.29) is 6.04 Å². The van der Waals surface area contributed by atoms with Gasteiger partial charge in [0.2, 0.25) is 5.91 Å². The van der Waals surface area contributed by atoms with Crippen molar-refractivity contribution in [2.24, 2.45) is 11.1 Å². The molecule has 1 rings (SSSR count). The summed E-state index contributed by atoms with van der Waals surface area (Å²) in [7, 11) is 1.17. The van der Waals surface area contributed by atoms with Crippen LogP contribution in [-0.2, 0) is 4.79 Å². The van der Waals surface area contributed by atoms with Crippen molar-refractivity contribution in [2.75, 3.05) is 13.6 Å². The molecule has 0 aromatic heterocycles. The van der Waals surface area contributed by atoms with Crippen LogP contribution in [0.25, 0.3) is 0 Å². The predicted octanol–water partition coefficient (Wildman–Crippen LogP) is 1.52. The molecule has 6 heteroatoms. The smallest absolute Gasteiger partial charge is 0.336 e. The number of nitrogens with two attached hydrogens (primary N) is 1. The topological polar surface area (TPSA) is 46.3 Å². The fraction of sp³-hybridized carbons (Fsp3) is 0.900. The van der Waals surface area contributed by atoms with Crippen LogP contribution >= 0.6 is 0 Å². The van der Waals surface area contributed by atoms with E-state index in [4.69, 9.17) is 5.73 Å². The van der Waals surface area contributed by atoms with E-state index in [0.717, 1.165) is 11.3 Å². The summed E-state index contributed by atoms with van der Waals surface area (Å²) in [5.74, 6) is -0.505. The number of alkyl halides is 3. The van der Waals surface area contributed by atoms with Crippen LogP contribution in [0.3, 0.4) is 0 Å². The predicted molar refractivity (Wildman–Crippen MR) is 53.6 cm³/mol. The van der Waals surface area contributed by atoms with Gasteiger partial charge in [-0.25, -0.2) is 0 Å². The molecule has 0 aromatic carbocycles. The molecule has 2 unspecified atom stereocenters. The first kappa shape index (κ1) is 13.3. The maximum atomic E-state index is 12.2. The van der Waals surface area contributed by atoms with Crippen molar-refractivity contribution >= 4 is 5.91 Å². The molecule has 3 nitrogen and oxygen atoms in total. The first-order valence-electron chi connectivity index (χ1n) is 5.25. The van der Waals surface area contributed by atoms with Crippen LogP contribution in [0.4, 0.5) is 13.2 Å². The lowest BCUT2D eigenvalue weighted by Crippen LogP contribution is -2.50. The molecule has 0 aromatic rings. The highest BCUT2D eigenvalue weighted by atomic mass is 19.4. The van der Waals surface area contributed by atoms with E-state index in [1.165, 1.54) is 7.05 Å². The number of hydrogen-bond donors (Lipinski definition) is 1. The minimum Gasteiger partial charge on any atom is -0.336 e. The van der Waals surface area contributed by atoms with Gasteiger partial charge in [-0.3, -0.25) is 4.79 Å². The summed E-state index contributed by atoms with van der Waals surface area (Å²) in [5.41, 5.74) is 4.95. The molecule has 0 aliphatic heterocycles. The van der Waals surface area contributed by atoms with Crippen molar-refractivity contribution < 1.29 is 18.0 Å². The fourth-order valence-corrected chi connectivity index (χ4v) is 2.24. The van der Waals surface area contributed by atoms with Crippen LogP contribution in [0.1, 0.15) is 26.2 Å². The van der Waals surface area contributed by atoms with Gasteiger partial charge in [0.05, 0.1) is 5.41 Å². The quantitative estimate of drug-likeness (QED) is 0.793. The number of amides is 1. The van der Waals surface area contributed by atoms with Crippen molar-refractivity contribution in [1.82, 2.24) is 4.90 Å². The summed E-state index contributed by atoms with van der Waals surface area (Å²) >= 11 is 0. The molecule has 0 saturated heterocycles. The van der Waals surface area contributed by atoms with E-state index in [9.17, 15) is 18.0 Å². The summed E-state index contributed by atoms with van der Waals surface area (Å²) in [4.78, 5) is 12.6. The van der Waals surface area contributed by atoms with Crippen LogP contribution in [-0.4, -0.2) is 36.6 Å². The molecule has 0 radical (unpaired) electrons. The van der Waals surface area contributed by atoms with Crippen LogP contribution in [0.2, 0.25) is 0 Å². The van der Waals surface area contributed by atoms with E-state index in [2.05, 4.69) is 0 Å². The van der Waals surface area contributed by atoms with Gasteiger partial charge in [-0.1, -0.05) is 6.42 Å². The molecule has 0 spiro atoms. The maximum absolute atomic E-state index is 12.2. The lowest BCUT2D eigenvalue weighted by Gasteiger charge is -2.32. The number of rotatable bonds is 2. The molecule has 1 aliphatic rings. The van der Waals surface area contributed by atoms with Gasteiger partial charge >= 0.3 is 6.18 Å². The zero-order valence-corrected chi connectivity index (χ0v) is 9.47. The van der Waals surface area contributed by atoms with Gasteiger partial charge in [-0.2, -0.15) is 13.2 Å². The summed E-state index contributed by atoms with van der Waals surface area (Å²) in [6.45, 7) is 0.439. The Morgan fingerprint density at radius 2 is 2.12 bits per heavy atom. The Bertz CT molecular complexity index is 280. The Hall–Kier alpha value is -0.780. The number of carbonyl (C=O) groups is 1. The molecule has 16 heavy (non-hydrogen) atoms. The monoisotopic (exact) mass is 238 g/mol. The number of nitrogens with zero attached hydrogens (tertiary/aromatic N) is 1. The van der Waals surface area contributed by atoms with Crippen LogP contribution in [0, 0.1) is 5.41 Å². The third-order valence-electron chi connectivity index (χ3n) is 3.28. The van der Waals surface area contributed by atoms with Gasteiger partial charge < -0.3 is 10.6 Å². The second-order valence-corrected chi connectivity index (χ2v) is 4.69. The molecule has 1 fully saturated rings. The normalized spacial score (nSPS) is 30.5. The standard InChI is InChI=1S/C10H17F3N2O/c1-9(5-3-4-7(9)14)8(16)15(2)6-10(11,12)13/h7H,3-6,14H2,1-2H3. The molecular formula is C10H17F3N2O. The summed E-state index contributed by atoms with van der Waals surface area (Å²) in [6.07, 6.45) is -2.30. The van der Waals surface area contributed by atoms with Crippen molar-refractivity contribution in [3.8, 4) is 0 Å². The summed E-state index contributed by atoms with van der Waals surface area (Å²) < 4.78 is 36.5. The SMILES string of the molecule is CN(CC(F)(F)F)C(=O)C1(C)CCCC1N. The Morgan fingerprint density at radius 1 is 1.56 bits per heavy atom. The Labute approximate surface area is 92.8 Å². The van der Waals surface area contributed by atoms with E-state index in [1.807, 2.05) is 0 Å². The lowest BCUT2D eigenvalue weighted by atomic mass is 9.83.